The number of aromatic nitrogens is 3. The van der Waals surface area contributed by atoms with E-state index < -0.39 is 0 Å². The van der Waals surface area contributed by atoms with Crippen LogP contribution in [0.2, 0.25) is 0 Å². The van der Waals surface area contributed by atoms with Crippen LogP contribution >= 0.6 is 11.3 Å². The Labute approximate surface area is 174 Å². The Hall–Kier alpha value is -2.64. The lowest BCUT2D eigenvalue weighted by Gasteiger charge is -2.35. The van der Waals surface area contributed by atoms with Crippen molar-refractivity contribution >= 4 is 17.2 Å². The van der Waals surface area contributed by atoms with E-state index in [2.05, 4.69) is 55.1 Å². The van der Waals surface area contributed by atoms with Gasteiger partial charge in [-0.2, -0.15) is 0 Å². The van der Waals surface area contributed by atoms with Gasteiger partial charge in [-0.1, -0.05) is 30.3 Å². The summed E-state index contributed by atoms with van der Waals surface area (Å²) in [5.74, 6) is 1.14. The van der Waals surface area contributed by atoms with Gasteiger partial charge in [0.1, 0.15) is 5.69 Å². The van der Waals surface area contributed by atoms with Crippen molar-refractivity contribution in [2.24, 2.45) is 5.92 Å². The molecule has 29 heavy (non-hydrogen) atoms. The maximum atomic E-state index is 13.3. The van der Waals surface area contributed by atoms with Gasteiger partial charge < -0.3 is 4.90 Å². The summed E-state index contributed by atoms with van der Waals surface area (Å²) in [7, 11) is 0. The van der Waals surface area contributed by atoms with Crippen molar-refractivity contribution < 1.29 is 4.79 Å². The SMILES string of the molecule is O=C(c1csc(-c2ncccn2)n1)N1C[C@@H]2CC[C@H]1CN(Cc1ccccc1)C2. The van der Waals surface area contributed by atoms with E-state index in [0.29, 0.717) is 22.4 Å². The minimum absolute atomic E-state index is 0.0414. The molecule has 3 fully saturated rings. The van der Waals surface area contributed by atoms with Gasteiger partial charge in [0, 0.05) is 50.0 Å². The molecule has 3 aromatic rings. The van der Waals surface area contributed by atoms with Crippen LogP contribution in [0.4, 0.5) is 0 Å². The smallest absolute Gasteiger partial charge is 0.273 e. The minimum Gasteiger partial charge on any atom is -0.333 e. The van der Waals surface area contributed by atoms with Gasteiger partial charge >= 0.3 is 0 Å². The molecule has 0 spiro atoms. The number of hydrogen-bond donors (Lipinski definition) is 0. The van der Waals surface area contributed by atoms with Gasteiger partial charge in [0.25, 0.3) is 5.91 Å². The number of fused-ring (bicyclic) bond motifs is 4. The van der Waals surface area contributed by atoms with E-state index in [4.69, 9.17) is 0 Å². The topological polar surface area (TPSA) is 62.2 Å². The molecular weight excluding hydrogens is 382 g/mol. The highest BCUT2D eigenvalue weighted by Gasteiger charge is 2.38. The van der Waals surface area contributed by atoms with E-state index in [1.807, 2.05) is 5.38 Å². The number of rotatable bonds is 4. The number of hydrogen-bond acceptors (Lipinski definition) is 6. The quantitative estimate of drug-likeness (QED) is 0.666. The zero-order valence-corrected chi connectivity index (χ0v) is 17.0. The molecule has 6 rings (SSSR count). The second-order valence-electron chi connectivity index (χ2n) is 7.84. The number of benzene rings is 1. The predicted molar refractivity (Wildman–Crippen MR) is 112 cm³/mol. The van der Waals surface area contributed by atoms with Crippen LogP contribution in [0.3, 0.4) is 0 Å². The van der Waals surface area contributed by atoms with E-state index in [9.17, 15) is 4.79 Å². The first-order valence-corrected chi connectivity index (χ1v) is 10.9. The van der Waals surface area contributed by atoms with E-state index >= 15 is 0 Å². The molecule has 3 saturated heterocycles. The highest BCUT2D eigenvalue weighted by atomic mass is 32.1. The Morgan fingerprint density at radius 3 is 2.69 bits per heavy atom. The van der Waals surface area contributed by atoms with E-state index in [-0.39, 0.29) is 11.9 Å². The molecule has 2 bridgehead atoms. The monoisotopic (exact) mass is 405 g/mol. The summed E-state index contributed by atoms with van der Waals surface area (Å²) >= 11 is 1.43. The van der Waals surface area contributed by atoms with Gasteiger partial charge in [-0.15, -0.1) is 11.3 Å². The number of carbonyl (C=O) groups excluding carboxylic acids is 1. The third kappa shape index (κ3) is 3.93. The molecular formula is C22H23N5OS. The first-order valence-electron chi connectivity index (χ1n) is 10.1. The van der Waals surface area contributed by atoms with Crippen LogP contribution in [-0.4, -0.2) is 56.3 Å². The van der Waals surface area contributed by atoms with Crippen LogP contribution < -0.4 is 0 Å². The van der Waals surface area contributed by atoms with E-state index in [1.165, 1.54) is 23.3 Å². The van der Waals surface area contributed by atoms with Crippen molar-refractivity contribution in [3.05, 3.63) is 65.4 Å². The maximum Gasteiger partial charge on any atom is 0.273 e. The van der Waals surface area contributed by atoms with Gasteiger partial charge in [0.2, 0.25) is 0 Å². The molecule has 3 aliphatic rings. The fraction of sp³-hybridized carbons (Fsp3) is 0.364. The first kappa shape index (κ1) is 18.4. The molecule has 1 amide bonds. The summed E-state index contributed by atoms with van der Waals surface area (Å²) in [4.78, 5) is 30.9. The van der Waals surface area contributed by atoms with Crippen molar-refractivity contribution in [2.45, 2.75) is 25.4 Å². The lowest BCUT2D eigenvalue weighted by atomic mass is 9.95. The molecule has 0 N–H and O–H groups in total. The normalized spacial score (nSPS) is 21.9. The third-order valence-corrected chi connectivity index (χ3v) is 6.62. The Bertz CT molecular complexity index is 977. The average Bonchev–Trinajstić information content (AvgIpc) is 3.10. The molecule has 148 valence electrons. The Balaban J connectivity index is 1.32. The van der Waals surface area contributed by atoms with Crippen molar-refractivity contribution in [3.8, 4) is 10.8 Å². The second kappa shape index (κ2) is 8.00. The molecule has 5 heterocycles. The largest absolute Gasteiger partial charge is 0.333 e. The summed E-state index contributed by atoms with van der Waals surface area (Å²) in [6, 6.07) is 12.6. The van der Waals surface area contributed by atoms with Crippen LogP contribution in [0.15, 0.2) is 54.2 Å². The highest BCUT2D eigenvalue weighted by molar-refractivity contribution is 7.13. The Morgan fingerprint density at radius 2 is 1.86 bits per heavy atom. The summed E-state index contributed by atoms with van der Waals surface area (Å²) < 4.78 is 0. The van der Waals surface area contributed by atoms with Crippen LogP contribution in [-0.2, 0) is 6.54 Å². The molecule has 7 heteroatoms. The summed E-state index contributed by atoms with van der Waals surface area (Å²) in [6.45, 7) is 3.75. The molecule has 2 atom stereocenters. The zero-order valence-electron chi connectivity index (χ0n) is 16.1. The Morgan fingerprint density at radius 1 is 1.03 bits per heavy atom. The third-order valence-electron chi connectivity index (χ3n) is 5.78. The van der Waals surface area contributed by atoms with Crippen LogP contribution in [0.1, 0.15) is 28.9 Å². The van der Waals surface area contributed by atoms with E-state index in [0.717, 1.165) is 32.6 Å². The van der Waals surface area contributed by atoms with E-state index in [1.54, 1.807) is 18.5 Å². The standard InChI is InChI=1S/C22H23N5OS/c28-22(19-15-29-21(25-19)20-23-9-4-10-24-20)27-13-17-7-8-18(27)14-26(12-17)11-16-5-2-1-3-6-16/h1-6,9-10,15,17-18H,7-8,11-14H2/t17-,18+/m1/s1. The molecule has 0 saturated carbocycles. The predicted octanol–water partition coefficient (Wildman–Crippen LogP) is 3.34. The van der Waals surface area contributed by atoms with Crippen LogP contribution in [0.25, 0.3) is 10.8 Å². The number of piperidine rings is 1. The Kier molecular flexibility index (Phi) is 5.08. The molecule has 1 aromatic carbocycles. The number of amides is 1. The first-order chi connectivity index (χ1) is 14.3. The van der Waals surface area contributed by atoms with Crippen molar-refractivity contribution in [1.29, 1.82) is 0 Å². The summed E-state index contributed by atoms with van der Waals surface area (Å²) in [6.07, 6.45) is 5.65. The molecule has 0 unspecified atom stereocenters. The number of thiazole rings is 1. The molecule has 2 aromatic heterocycles. The van der Waals surface area contributed by atoms with Gasteiger partial charge in [0.15, 0.2) is 10.8 Å². The maximum absolute atomic E-state index is 13.3. The van der Waals surface area contributed by atoms with Crippen molar-refractivity contribution in [1.82, 2.24) is 24.8 Å². The lowest BCUT2D eigenvalue weighted by molar-refractivity contribution is 0.0580. The lowest BCUT2D eigenvalue weighted by Crippen LogP contribution is -2.47. The van der Waals surface area contributed by atoms with Crippen molar-refractivity contribution in [2.75, 3.05) is 19.6 Å². The number of carbonyl (C=O) groups is 1. The van der Waals surface area contributed by atoms with Crippen molar-refractivity contribution in [3.63, 3.8) is 0 Å². The molecule has 0 aliphatic carbocycles. The minimum atomic E-state index is 0.0414. The van der Waals surface area contributed by atoms with Gasteiger partial charge in [-0.25, -0.2) is 15.0 Å². The highest BCUT2D eigenvalue weighted by Crippen LogP contribution is 2.30. The average molecular weight is 406 g/mol. The summed E-state index contributed by atoms with van der Waals surface area (Å²) in [5, 5.41) is 2.54. The number of nitrogens with zero attached hydrogens (tertiary/aromatic N) is 5. The molecule has 3 aliphatic heterocycles. The van der Waals surface area contributed by atoms with Gasteiger partial charge in [0.05, 0.1) is 0 Å². The zero-order chi connectivity index (χ0) is 19.6. The summed E-state index contributed by atoms with van der Waals surface area (Å²) in [5.41, 5.74) is 1.85. The fourth-order valence-corrected chi connectivity index (χ4v) is 5.17. The molecule has 0 radical (unpaired) electrons. The van der Waals surface area contributed by atoms with Gasteiger partial charge in [-0.3, -0.25) is 9.69 Å². The van der Waals surface area contributed by atoms with Crippen LogP contribution in [0.5, 0.6) is 0 Å². The van der Waals surface area contributed by atoms with Crippen LogP contribution in [0, 0.1) is 5.92 Å². The fourth-order valence-electron chi connectivity index (χ4n) is 4.43. The molecule has 6 nitrogen and oxygen atoms in total. The van der Waals surface area contributed by atoms with Gasteiger partial charge in [-0.05, 0) is 30.4 Å². The second-order valence-corrected chi connectivity index (χ2v) is 8.70.